The Morgan fingerprint density at radius 3 is 2.15 bits per heavy atom. The van der Waals surface area contributed by atoms with Gasteiger partial charge in [0.15, 0.2) is 0 Å². The van der Waals surface area contributed by atoms with Gasteiger partial charge in [-0.05, 0) is 24.1 Å². The van der Waals surface area contributed by atoms with Gasteiger partial charge in [0.2, 0.25) is 0 Å². The summed E-state index contributed by atoms with van der Waals surface area (Å²) in [5.74, 6) is 0.231. The number of benzene rings is 3. The van der Waals surface area contributed by atoms with Crippen molar-refractivity contribution < 1.29 is 5.11 Å². The molecule has 2 N–H and O–H groups in total. The maximum absolute atomic E-state index is 11.0. The molecule has 27 heavy (non-hydrogen) atoms. The molecule has 3 aromatic carbocycles. The van der Waals surface area contributed by atoms with Gasteiger partial charge >= 0.3 is 0 Å². The van der Waals surface area contributed by atoms with E-state index in [4.69, 9.17) is 0 Å². The summed E-state index contributed by atoms with van der Waals surface area (Å²) in [5.41, 5.74) is 3.77. The fraction of sp³-hybridized carbons (Fsp3) is 0.125. The Morgan fingerprint density at radius 1 is 0.778 bits per heavy atom. The lowest BCUT2D eigenvalue weighted by Crippen LogP contribution is -2.25. The molecule has 0 unspecified atom stereocenters. The minimum atomic E-state index is -0.146. The number of phenolic OH excluding ortho intramolecular Hbond substituents is 1. The molecule has 3 nitrogen and oxygen atoms in total. The van der Waals surface area contributed by atoms with Crippen molar-refractivity contribution in [2.75, 3.05) is 0 Å². The standard InChI is InChI=1S/C24H22N2O/c1-17(18-9-4-2-5-10-18)26-22(19-11-6-3-7-12-19)21-15-14-20-13-8-16-25-23(20)24(21)27/h2-17,22,26-27H,1H3/t17-,22-/m1/s1. The number of hydrogen-bond donors (Lipinski definition) is 2. The molecule has 0 saturated heterocycles. The molecule has 1 aromatic heterocycles. The first-order chi connectivity index (χ1) is 13.2. The summed E-state index contributed by atoms with van der Waals surface area (Å²) in [6.07, 6.45) is 1.71. The van der Waals surface area contributed by atoms with Gasteiger partial charge in [0.05, 0.1) is 6.04 Å². The first kappa shape index (κ1) is 17.3. The van der Waals surface area contributed by atoms with Gasteiger partial charge < -0.3 is 5.11 Å². The van der Waals surface area contributed by atoms with Gasteiger partial charge in [0, 0.05) is 23.2 Å². The minimum absolute atomic E-state index is 0.121. The van der Waals surface area contributed by atoms with E-state index >= 15 is 0 Å². The molecule has 2 atom stereocenters. The number of pyridine rings is 1. The second-order valence-electron chi connectivity index (χ2n) is 6.72. The second-order valence-corrected chi connectivity index (χ2v) is 6.72. The first-order valence-electron chi connectivity index (χ1n) is 9.16. The van der Waals surface area contributed by atoms with Crippen molar-refractivity contribution in [3.63, 3.8) is 0 Å². The highest BCUT2D eigenvalue weighted by Gasteiger charge is 2.21. The van der Waals surface area contributed by atoms with Crippen molar-refractivity contribution >= 4 is 10.9 Å². The van der Waals surface area contributed by atoms with E-state index in [9.17, 15) is 5.11 Å². The molecule has 1 heterocycles. The van der Waals surface area contributed by atoms with Crippen LogP contribution in [0.15, 0.2) is 91.1 Å². The van der Waals surface area contributed by atoms with Crippen LogP contribution >= 0.6 is 0 Å². The molecule has 134 valence electrons. The molecule has 0 amide bonds. The lowest BCUT2D eigenvalue weighted by Gasteiger charge is -2.25. The van der Waals surface area contributed by atoms with Gasteiger partial charge in [-0.2, -0.15) is 0 Å². The van der Waals surface area contributed by atoms with E-state index in [-0.39, 0.29) is 17.8 Å². The number of phenols is 1. The monoisotopic (exact) mass is 354 g/mol. The zero-order valence-electron chi connectivity index (χ0n) is 15.2. The van der Waals surface area contributed by atoms with Crippen molar-refractivity contribution in [3.05, 3.63) is 108 Å². The molecular formula is C24H22N2O. The van der Waals surface area contributed by atoms with E-state index in [1.807, 2.05) is 60.7 Å². The van der Waals surface area contributed by atoms with E-state index < -0.39 is 0 Å². The van der Waals surface area contributed by atoms with Crippen LogP contribution in [0.5, 0.6) is 5.75 Å². The van der Waals surface area contributed by atoms with Crippen LogP contribution < -0.4 is 5.32 Å². The zero-order chi connectivity index (χ0) is 18.6. The first-order valence-corrected chi connectivity index (χ1v) is 9.16. The summed E-state index contributed by atoms with van der Waals surface area (Å²) in [6.45, 7) is 2.14. The quantitative estimate of drug-likeness (QED) is 0.506. The van der Waals surface area contributed by atoms with Gasteiger partial charge in [-0.3, -0.25) is 10.3 Å². The Labute approximate surface area is 159 Å². The average Bonchev–Trinajstić information content (AvgIpc) is 2.74. The normalized spacial score (nSPS) is 13.4. The van der Waals surface area contributed by atoms with E-state index in [1.54, 1.807) is 6.20 Å². The molecule has 4 rings (SSSR count). The molecule has 0 bridgehead atoms. The predicted molar refractivity (Wildman–Crippen MR) is 110 cm³/mol. The summed E-state index contributed by atoms with van der Waals surface area (Å²) in [6, 6.07) is 28.4. The van der Waals surface area contributed by atoms with E-state index in [2.05, 4.69) is 41.5 Å². The largest absolute Gasteiger partial charge is 0.505 e. The number of hydrogen-bond acceptors (Lipinski definition) is 3. The maximum atomic E-state index is 11.0. The second kappa shape index (κ2) is 7.60. The highest BCUT2D eigenvalue weighted by atomic mass is 16.3. The van der Waals surface area contributed by atoms with Crippen LogP contribution in [0.25, 0.3) is 10.9 Å². The van der Waals surface area contributed by atoms with Crippen LogP contribution in [0.1, 0.15) is 35.7 Å². The lowest BCUT2D eigenvalue weighted by atomic mass is 9.94. The maximum Gasteiger partial charge on any atom is 0.146 e. The average molecular weight is 354 g/mol. The molecule has 4 aromatic rings. The topological polar surface area (TPSA) is 45.2 Å². The number of nitrogens with zero attached hydrogens (tertiary/aromatic N) is 1. The van der Waals surface area contributed by atoms with E-state index in [1.165, 1.54) is 5.56 Å². The molecule has 3 heteroatoms. The molecule has 0 spiro atoms. The van der Waals surface area contributed by atoms with Crippen molar-refractivity contribution in [3.8, 4) is 5.75 Å². The van der Waals surface area contributed by atoms with Crippen LogP contribution in [-0.2, 0) is 0 Å². The minimum Gasteiger partial charge on any atom is -0.505 e. The zero-order valence-corrected chi connectivity index (χ0v) is 15.2. The van der Waals surface area contributed by atoms with Gasteiger partial charge in [-0.25, -0.2) is 0 Å². The Bertz CT molecular complexity index is 1030. The number of aromatic nitrogens is 1. The number of rotatable bonds is 5. The molecule has 0 aliphatic carbocycles. The highest BCUT2D eigenvalue weighted by molar-refractivity contribution is 5.85. The lowest BCUT2D eigenvalue weighted by molar-refractivity contribution is 0.451. The Morgan fingerprint density at radius 2 is 1.44 bits per heavy atom. The molecule has 0 fully saturated rings. The van der Waals surface area contributed by atoms with Crippen molar-refractivity contribution in [1.82, 2.24) is 10.3 Å². The van der Waals surface area contributed by atoms with Gasteiger partial charge in [0.25, 0.3) is 0 Å². The Hall–Kier alpha value is -3.17. The highest BCUT2D eigenvalue weighted by Crippen LogP contribution is 2.35. The van der Waals surface area contributed by atoms with Crippen LogP contribution in [0.4, 0.5) is 0 Å². The number of nitrogens with one attached hydrogen (secondary N) is 1. The fourth-order valence-corrected chi connectivity index (χ4v) is 3.48. The fourth-order valence-electron chi connectivity index (χ4n) is 3.48. The third kappa shape index (κ3) is 3.55. The van der Waals surface area contributed by atoms with Crippen LogP contribution in [0.2, 0.25) is 0 Å². The van der Waals surface area contributed by atoms with Crippen LogP contribution in [-0.4, -0.2) is 10.1 Å². The van der Waals surface area contributed by atoms with Crippen molar-refractivity contribution in [2.45, 2.75) is 19.0 Å². The summed E-state index contributed by atoms with van der Waals surface area (Å²) in [4.78, 5) is 4.38. The molecule has 0 radical (unpaired) electrons. The Kier molecular flexibility index (Phi) is 4.86. The SMILES string of the molecule is C[C@@H](N[C@H](c1ccccc1)c1ccc2cccnc2c1O)c1ccccc1. The van der Waals surface area contributed by atoms with Crippen LogP contribution in [0, 0.1) is 0 Å². The summed E-state index contributed by atoms with van der Waals surface area (Å²) >= 11 is 0. The third-order valence-electron chi connectivity index (χ3n) is 4.94. The third-order valence-corrected chi connectivity index (χ3v) is 4.94. The summed E-state index contributed by atoms with van der Waals surface area (Å²) < 4.78 is 0. The van der Waals surface area contributed by atoms with E-state index in [0.29, 0.717) is 5.52 Å². The summed E-state index contributed by atoms with van der Waals surface area (Å²) in [7, 11) is 0. The molecule has 0 saturated carbocycles. The van der Waals surface area contributed by atoms with Crippen LogP contribution in [0.3, 0.4) is 0 Å². The van der Waals surface area contributed by atoms with E-state index in [0.717, 1.165) is 16.5 Å². The smallest absolute Gasteiger partial charge is 0.146 e. The van der Waals surface area contributed by atoms with Gasteiger partial charge in [-0.1, -0.05) is 78.9 Å². The summed E-state index contributed by atoms with van der Waals surface area (Å²) in [5, 5.41) is 15.6. The Balaban J connectivity index is 1.78. The van der Waals surface area contributed by atoms with Crippen molar-refractivity contribution in [2.24, 2.45) is 0 Å². The van der Waals surface area contributed by atoms with Crippen molar-refractivity contribution in [1.29, 1.82) is 0 Å². The number of aromatic hydroxyl groups is 1. The molecular weight excluding hydrogens is 332 g/mol. The van der Waals surface area contributed by atoms with Gasteiger partial charge in [-0.15, -0.1) is 0 Å². The molecule has 0 aliphatic rings. The van der Waals surface area contributed by atoms with Gasteiger partial charge in [0.1, 0.15) is 11.3 Å². The predicted octanol–water partition coefficient (Wildman–Crippen LogP) is 5.38. The molecule has 0 aliphatic heterocycles. The number of fused-ring (bicyclic) bond motifs is 1.